The van der Waals surface area contributed by atoms with E-state index in [9.17, 15) is 0 Å². The van der Waals surface area contributed by atoms with Gasteiger partial charge in [-0.1, -0.05) is 12.1 Å². The first-order chi connectivity index (χ1) is 11.4. The summed E-state index contributed by atoms with van der Waals surface area (Å²) in [4.78, 5) is 11.8. The molecule has 1 saturated carbocycles. The molecule has 23 heavy (non-hydrogen) atoms. The van der Waals surface area contributed by atoms with E-state index in [0.29, 0.717) is 11.8 Å². The van der Waals surface area contributed by atoms with Crippen molar-refractivity contribution in [1.82, 2.24) is 14.3 Å². The molecule has 1 atom stereocenters. The second-order valence-electron chi connectivity index (χ2n) is 6.51. The van der Waals surface area contributed by atoms with Crippen LogP contribution < -0.4 is 4.90 Å². The molecule has 2 aliphatic rings. The molecule has 6 heteroatoms. The zero-order valence-corrected chi connectivity index (χ0v) is 13.6. The lowest BCUT2D eigenvalue weighted by atomic mass is 9.98. The van der Waals surface area contributed by atoms with E-state index < -0.39 is 0 Å². The van der Waals surface area contributed by atoms with Gasteiger partial charge < -0.3 is 9.32 Å². The molecule has 3 heterocycles. The number of aromatic nitrogens is 3. The van der Waals surface area contributed by atoms with E-state index in [4.69, 9.17) is 9.40 Å². The van der Waals surface area contributed by atoms with Crippen LogP contribution in [0, 0.1) is 0 Å². The van der Waals surface area contributed by atoms with Gasteiger partial charge in [-0.15, -0.1) is 0 Å². The molecule has 2 fully saturated rings. The van der Waals surface area contributed by atoms with Crippen LogP contribution in [-0.4, -0.2) is 27.4 Å². The zero-order chi connectivity index (χ0) is 15.2. The van der Waals surface area contributed by atoms with Crippen LogP contribution in [0.25, 0.3) is 11.1 Å². The molecule has 3 aromatic rings. The molecule has 5 nitrogen and oxygen atoms in total. The maximum atomic E-state index is 5.97. The van der Waals surface area contributed by atoms with Crippen LogP contribution in [0.1, 0.15) is 49.2 Å². The average molecular weight is 326 g/mol. The molecular formula is C17H18N4OS. The summed E-state index contributed by atoms with van der Waals surface area (Å²) in [6.07, 6.45) is 4.77. The Morgan fingerprint density at radius 2 is 2.00 bits per heavy atom. The third-order valence-corrected chi connectivity index (χ3v) is 5.52. The normalized spacial score (nSPS) is 21.9. The molecule has 0 bridgehead atoms. The van der Waals surface area contributed by atoms with Gasteiger partial charge in [0.2, 0.25) is 5.13 Å². The predicted octanol–water partition coefficient (Wildman–Crippen LogP) is 3.94. The fourth-order valence-corrected chi connectivity index (χ4v) is 4.06. The Balaban J connectivity index is 1.38. The molecular weight excluding hydrogens is 308 g/mol. The van der Waals surface area contributed by atoms with Gasteiger partial charge in [0.25, 0.3) is 0 Å². The van der Waals surface area contributed by atoms with Crippen molar-refractivity contribution < 1.29 is 4.42 Å². The second-order valence-corrected chi connectivity index (χ2v) is 7.24. The molecule has 5 rings (SSSR count). The van der Waals surface area contributed by atoms with Gasteiger partial charge >= 0.3 is 0 Å². The van der Waals surface area contributed by atoms with Gasteiger partial charge in [0.15, 0.2) is 11.5 Å². The minimum Gasteiger partial charge on any atom is -0.440 e. The van der Waals surface area contributed by atoms with Gasteiger partial charge in [-0.25, -0.2) is 9.97 Å². The SMILES string of the molecule is c1ccc2oc(C3CCCN(c4nc(C5CC5)ns4)C3)nc2c1. The van der Waals surface area contributed by atoms with E-state index in [1.165, 1.54) is 12.8 Å². The quantitative estimate of drug-likeness (QED) is 0.729. The number of hydrogen-bond acceptors (Lipinski definition) is 6. The van der Waals surface area contributed by atoms with Crippen LogP contribution in [0.3, 0.4) is 0 Å². The number of piperidine rings is 1. The number of benzene rings is 1. The van der Waals surface area contributed by atoms with E-state index in [1.807, 2.05) is 24.3 Å². The Bertz CT molecular complexity index is 805. The fraction of sp³-hybridized carbons (Fsp3) is 0.471. The highest BCUT2D eigenvalue weighted by atomic mass is 32.1. The predicted molar refractivity (Wildman–Crippen MR) is 90.1 cm³/mol. The van der Waals surface area contributed by atoms with Crippen LogP contribution in [0.4, 0.5) is 5.13 Å². The Kier molecular flexibility index (Phi) is 3.11. The highest BCUT2D eigenvalue weighted by Crippen LogP contribution is 2.40. The molecule has 1 unspecified atom stereocenters. The van der Waals surface area contributed by atoms with E-state index in [0.717, 1.165) is 53.9 Å². The van der Waals surface area contributed by atoms with Crippen molar-refractivity contribution in [2.24, 2.45) is 0 Å². The molecule has 2 aromatic heterocycles. The van der Waals surface area contributed by atoms with Gasteiger partial charge in [-0.05, 0) is 37.8 Å². The maximum Gasteiger partial charge on any atom is 0.205 e. The van der Waals surface area contributed by atoms with E-state index >= 15 is 0 Å². The van der Waals surface area contributed by atoms with Crippen molar-refractivity contribution in [1.29, 1.82) is 0 Å². The average Bonchev–Trinajstić information content (AvgIpc) is 3.17. The lowest BCUT2D eigenvalue weighted by Gasteiger charge is -2.30. The van der Waals surface area contributed by atoms with Gasteiger partial charge in [0.1, 0.15) is 11.3 Å². The van der Waals surface area contributed by atoms with Gasteiger partial charge in [0, 0.05) is 30.5 Å². The molecule has 0 spiro atoms. The first-order valence-electron chi connectivity index (χ1n) is 8.31. The highest BCUT2D eigenvalue weighted by Gasteiger charge is 2.31. The highest BCUT2D eigenvalue weighted by molar-refractivity contribution is 7.09. The molecule has 118 valence electrons. The van der Waals surface area contributed by atoms with Crippen LogP contribution >= 0.6 is 11.5 Å². The molecule has 1 aliphatic heterocycles. The standard InChI is InChI=1S/C17H18N4OS/c1-2-6-14-13(5-1)18-16(22-14)12-4-3-9-21(10-12)17-19-15(20-23-17)11-7-8-11/h1-2,5-6,11-12H,3-4,7-10H2. The number of rotatable bonds is 3. The summed E-state index contributed by atoms with van der Waals surface area (Å²) in [6.45, 7) is 1.97. The van der Waals surface area contributed by atoms with Crippen molar-refractivity contribution in [3.8, 4) is 0 Å². The van der Waals surface area contributed by atoms with E-state index in [-0.39, 0.29) is 0 Å². The molecule has 1 saturated heterocycles. The van der Waals surface area contributed by atoms with Crippen molar-refractivity contribution in [3.63, 3.8) is 0 Å². The summed E-state index contributed by atoms with van der Waals surface area (Å²) in [5.74, 6) is 2.87. The van der Waals surface area contributed by atoms with Crippen molar-refractivity contribution in [3.05, 3.63) is 36.0 Å². The summed E-state index contributed by atoms with van der Waals surface area (Å²) in [5.41, 5.74) is 1.83. The Hall–Kier alpha value is -1.95. The number of nitrogens with zero attached hydrogens (tertiary/aromatic N) is 4. The summed E-state index contributed by atoms with van der Waals surface area (Å²) >= 11 is 1.54. The van der Waals surface area contributed by atoms with E-state index in [2.05, 4.69) is 14.3 Å². The number of anilines is 1. The zero-order valence-electron chi connectivity index (χ0n) is 12.8. The number of oxazole rings is 1. The minimum atomic E-state index is 0.337. The van der Waals surface area contributed by atoms with Gasteiger partial charge in [-0.3, -0.25) is 0 Å². The van der Waals surface area contributed by atoms with Crippen LogP contribution in [0.2, 0.25) is 0 Å². The molecule has 0 amide bonds. The number of fused-ring (bicyclic) bond motifs is 1. The number of hydrogen-bond donors (Lipinski definition) is 0. The summed E-state index contributed by atoms with van der Waals surface area (Å²) in [6, 6.07) is 7.99. The van der Waals surface area contributed by atoms with Crippen molar-refractivity contribution in [2.45, 2.75) is 37.5 Å². The molecule has 0 N–H and O–H groups in total. The fourth-order valence-electron chi connectivity index (χ4n) is 3.28. The summed E-state index contributed by atoms with van der Waals surface area (Å²) in [7, 11) is 0. The van der Waals surface area contributed by atoms with Gasteiger partial charge in [0.05, 0.1) is 5.92 Å². The molecule has 1 aromatic carbocycles. The number of para-hydroxylation sites is 2. The van der Waals surface area contributed by atoms with Crippen LogP contribution in [-0.2, 0) is 0 Å². The molecule has 1 aliphatic carbocycles. The smallest absolute Gasteiger partial charge is 0.205 e. The Morgan fingerprint density at radius 3 is 2.87 bits per heavy atom. The first-order valence-corrected chi connectivity index (χ1v) is 9.08. The summed E-state index contributed by atoms with van der Waals surface area (Å²) < 4.78 is 10.5. The largest absolute Gasteiger partial charge is 0.440 e. The topological polar surface area (TPSA) is 55.1 Å². The van der Waals surface area contributed by atoms with Gasteiger partial charge in [-0.2, -0.15) is 4.37 Å². The lowest BCUT2D eigenvalue weighted by molar-refractivity contribution is 0.413. The Morgan fingerprint density at radius 1 is 1.09 bits per heavy atom. The third-order valence-electron chi connectivity index (χ3n) is 4.73. The second kappa shape index (κ2) is 5.30. The summed E-state index contributed by atoms with van der Waals surface area (Å²) in [5, 5.41) is 1.06. The van der Waals surface area contributed by atoms with E-state index in [1.54, 1.807) is 11.5 Å². The third kappa shape index (κ3) is 2.51. The molecule has 0 radical (unpaired) electrons. The van der Waals surface area contributed by atoms with Crippen molar-refractivity contribution in [2.75, 3.05) is 18.0 Å². The van der Waals surface area contributed by atoms with Crippen LogP contribution in [0.15, 0.2) is 28.7 Å². The maximum absolute atomic E-state index is 5.97. The van der Waals surface area contributed by atoms with Crippen LogP contribution in [0.5, 0.6) is 0 Å². The minimum absolute atomic E-state index is 0.337. The Labute approximate surface area is 138 Å². The first kappa shape index (κ1) is 13.5. The van der Waals surface area contributed by atoms with Crippen molar-refractivity contribution >= 4 is 27.8 Å². The lowest BCUT2D eigenvalue weighted by Crippen LogP contribution is -2.34. The monoisotopic (exact) mass is 326 g/mol.